The number of carbonyl (C=O) groups is 1. The van der Waals surface area contributed by atoms with E-state index in [1.165, 1.54) is 24.0 Å². The van der Waals surface area contributed by atoms with E-state index in [0.29, 0.717) is 28.2 Å². The highest BCUT2D eigenvalue weighted by Crippen LogP contribution is 2.39. The molecule has 0 bridgehead atoms. The number of aromatic nitrogens is 3. The summed E-state index contributed by atoms with van der Waals surface area (Å²) >= 11 is 0. The first-order valence-electron chi connectivity index (χ1n) is 10.9. The van der Waals surface area contributed by atoms with Gasteiger partial charge in [0, 0.05) is 35.8 Å². The molecule has 4 rings (SSSR count). The molecule has 0 saturated carbocycles. The second kappa shape index (κ2) is 9.92. The summed E-state index contributed by atoms with van der Waals surface area (Å²) in [5.74, 6) is -0.127. The zero-order chi connectivity index (χ0) is 25.9. The van der Waals surface area contributed by atoms with E-state index in [1.807, 2.05) is 6.07 Å². The van der Waals surface area contributed by atoms with Crippen LogP contribution < -0.4 is 10.6 Å². The van der Waals surface area contributed by atoms with Crippen molar-refractivity contribution in [3.8, 4) is 11.8 Å². The average molecular weight is 490 g/mol. The molecule has 36 heavy (non-hydrogen) atoms. The average Bonchev–Trinajstić information content (AvgIpc) is 3.29. The number of pyridine rings is 1. The molecule has 0 aliphatic rings. The number of imidazole rings is 1. The summed E-state index contributed by atoms with van der Waals surface area (Å²) in [4.78, 5) is 21.3. The normalized spacial score (nSPS) is 11.1. The third-order valence-corrected chi connectivity index (χ3v) is 5.56. The number of benzene rings is 2. The first-order valence-corrected chi connectivity index (χ1v) is 10.9. The Bertz CT molecular complexity index is 1440. The molecule has 0 spiro atoms. The number of alkyl halides is 3. The molecule has 1 amide bonds. The van der Waals surface area contributed by atoms with E-state index < -0.39 is 17.6 Å². The van der Waals surface area contributed by atoms with Crippen molar-refractivity contribution in [3.05, 3.63) is 101 Å². The van der Waals surface area contributed by atoms with Crippen molar-refractivity contribution in [2.45, 2.75) is 26.6 Å². The smallest absolute Gasteiger partial charge is 0.366 e. The number of nitrogens with zero attached hydrogens (tertiary/aromatic N) is 4. The highest BCUT2D eigenvalue weighted by molar-refractivity contribution is 6.05. The van der Waals surface area contributed by atoms with E-state index in [1.54, 1.807) is 55.6 Å². The highest BCUT2D eigenvalue weighted by Gasteiger charge is 2.35. The van der Waals surface area contributed by atoms with E-state index in [-0.39, 0.29) is 23.5 Å². The molecule has 2 heterocycles. The second-order valence-corrected chi connectivity index (χ2v) is 8.06. The van der Waals surface area contributed by atoms with Crippen molar-refractivity contribution in [2.24, 2.45) is 0 Å². The third kappa shape index (κ3) is 5.20. The van der Waals surface area contributed by atoms with Crippen LogP contribution in [0.4, 0.5) is 24.7 Å². The lowest BCUT2D eigenvalue weighted by Crippen LogP contribution is -2.19. The lowest BCUT2D eigenvalue weighted by atomic mass is 9.98. The number of rotatable bonds is 6. The predicted octanol–water partition coefficient (Wildman–Crippen LogP) is 5.64. The Labute approximate surface area is 205 Å². The number of aryl methyl sites for hydroxylation is 1. The van der Waals surface area contributed by atoms with Gasteiger partial charge in [-0.1, -0.05) is 18.2 Å². The van der Waals surface area contributed by atoms with Crippen molar-refractivity contribution >= 4 is 17.4 Å². The summed E-state index contributed by atoms with van der Waals surface area (Å²) in [6.45, 7) is 3.16. The molecule has 0 unspecified atom stereocenters. The van der Waals surface area contributed by atoms with Gasteiger partial charge in [-0.15, -0.1) is 0 Å². The van der Waals surface area contributed by atoms with Crippen LogP contribution in [0.2, 0.25) is 0 Å². The number of nitrogens with one attached hydrogen (secondary N) is 2. The molecule has 2 N–H and O–H groups in total. The zero-order valence-corrected chi connectivity index (χ0v) is 19.4. The van der Waals surface area contributed by atoms with Gasteiger partial charge >= 0.3 is 6.18 Å². The van der Waals surface area contributed by atoms with Gasteiger partial charge in [-0.05, 0) is 49.7 Å². The largest absolute Gasteiger partial charge is 0.416 e. The zero-order valence-electron chi connectivity index (χ0n) is 19.4. The van der Waals surface area contributed by atoms with E-state index in [0.717, 1.165) is 6.07 Å². The molecule has 0 aliphatic heterocycles. The molecule has 0 aliphatic carbocycles. The predicted molar refractivity (Wildman–Crippen MR) is 129 cm³/mol. The van der Waals surface area contributed by atoms with Crippen molar-refractivity contribution in [1.82, 2.24) is 14.5 Å². The number of carbonyl (C=O) groups excluding carboxylic acids is 1. The molecule has 7 nitrogen and oxygen atoms in total. The number of anilines is 2. The van der Waals surface area contributed by atoms with Crippen LogP contribution in [0, 0.1) is 25.2 Å². The van der Waals surface area contributed by atoms with Gasteiger partial charge in [0.1, 0.15) is 11.9 Å². The molecule has 2 aromatic carbocycles. The Hall–Kier alpha value is -4.65. The van der Waals surface area contributed by atoms with Crippen LogP contribution in [0.25, 0.3) is 5.69 Å². The van der Waals surface area contributed by atoms with Crippen LogP contribution in [-0.4, -0.2) is 20.4 Å². The molecule has 0 saturated heterocycles. The number of hydrogen-bond donors (Lipinski definition) is 2. The fourth-order valence-electron chi connectivity index (χ4n) is 3.83. The molecule has 4 aromatic rings. The molecule has 2 aromatic heterocycles. The molecule has 0 fully saturated rings. The maximum atomic E-state index is 14.1. The Kier molecular flexibility index (Phi) is 6.74. The summed E-state index contributed by atoms with van der Waals surface area (Å²) < 4.78 is 43.7. The van der Waals surface area contributed by atoms with Gasteiger partial charge in [0.25, 0.3) is 5.91 Å². The fourth-order valence-corrected chi connectivity index (χ4v) is 3.83. The topological polar surface area (TPSA) is 95.6 Å². The number of amides is 1. The number of nitriles is 1. The van der Waals surface area contributed by atoms with E-state index in [9.17, 15) is 18.0 Å². The minimum atomic E-state index is -4.65. The van der Waals surface area contributed by atoms with Gasteiger partial charge in [0.15, 0.2) is 0 Å². The van der Waals surface area contributed by atoms with E-state index >= 15 is 0 Å². The molecule has 182 valence electrons. The Balaban J connectivity index is 1.85. The Morgan fingerprint density at radius 1 is 1.11 bits per heavy atom. The van der Waals surface area contributed by atoms with Gasteiger partial charge in [-0.3, -0.25) is 4.79 Å². The number of hydrogen-bond acceptors (Lipinski definition) is 5. The minimum Gasteiger partial charge on any atom is -0.366 e. The first kappa shape index (κ1) is 24.5. The van der Waals surface area contributed by atoms with Crippen LogP contribution in [-0.2, 0) is 12.7 Å². The van der Waals surface area contributed by atoms with Gasteiger partial charge in [-0.25, -0.2) is 9.97 Å². The summed E-state index contributed by atoms with van der Waals surface area (Å²) in [7, 11) is 0. The van der Waals surface area contributed by atoms with Crippen LogP contribution in [0.1, 0.15) is 38.3 Å². The van der Waals surface area contributed by atoms with Crippen LogP contribution in [0.3, 0.4) is 0 Å². The summed E-state index contributed by atoms with van der Waals surface area (Å²) in [6, 6.07) is 14.3. The standard InChI is InChI=1S/C26H21F3N6O/c1-16-14-35(15-33-16)24-17(2)21(26(27,28)29)10-22(34-25(36)19-6-4-3-5-7-19)20(24)13-32-23-9-8-18(11-30)12-31-23/h3-10,12,14-15H,13H2,1-2H3,(H,31,32)(H,34,36). The molecule has 0 atom stereocenters. The Morgan fingerprint density at radius 3 is 2.44 bits per heavy atom. The molecule has 0 radical (unpaired) electrons. The van der Waals surface area contributed by atoms with Crippen molar-refractivity contribution in [3.63, 3.8) is 0 Å². The van der Waals surface area contributed by atoms with Gasteiger partial charge in [0.2, 0.25) is 0 Å². The summed E-state index contributed by atoms with van der Waals surface area (Å²) in [5.41, 5.74) is 1.08. The van der Waals surface area contributed by atoms with Crippen LogP contribution in [0.15, 0.2) is 67.3 Å². The van der Waals surface area contributed by atoms with E-state index in [2.05, 4.69) is 20.6 Å². The van der Waals surface area contributed by atoms with Gasteiger partial charge in [0.05, 0.1) is 28.8 Å². The van der Waals surface area contributed by atoms with Crippen molar-refractivity contribution in [1.29, 1.82) is 5.26 Å². The minimum absolute atomic E-state index is 0.00396. The molecular formula is C26H21F3N6O. The second-order valence-electron chi connectivity index (χ2n) is 8.06. The maximum absolute atomic E-state index is 14.1. The lowest BCUT2D eigenvalue weighted by Gasteiger charge is -2.23. The SMILES string of the molecule is Cc1cn(-c2c(C)c(C(F)(F)F)cc(NC(=O)c3ccccc3)c2CNc2ccc(C#N)cn2)cn1. The van der Waals surface area contributed by atoms with Crippen molar-refractivity contribution in [2.75, 3.05) is 10.6 Å². The van der Waals surface area contributed by atoms with Crippen LogP contribution >= 0.6 is 0 Å². The molecule has 10 heteroatoms. The third-order valence-electron chi connectivity index (χ3n) is 5.56. The lowest BCUT2D eigenvalue weighted by molar-refractivity contribution is -0.138. The first-order chi connectivity index (χ1) is 17.2. The van der Waals surface area contributed by atoms with Gasteiger partial charge in [-0.2, -0.15) is 18.4 Å². The molecular weight excluding hydrogens is 469 g/mol. The van der Waals surface area contributed by atoms with E-state index in [4.69, 9.17) is 5.26 Å². The van der Waals surface area contributed by atoms with Crippen LogP contribution in [0.5, 0.6) is 0 Å². The van der Waals surface area contributed by atoms with Crippen molar-refractivity contribution < 1.29 is 18.0 Å². The monoisotopic (exact) mass is 490 g/mol. The summed E-state index contributed by atoms with van der Waals surface area (Å²) in [6.07, 6.45) is -0.210. The fraction of sp³-hybridized carbons (Fsp3) is 0.154. The maximum Gasteiger partial charge on any atom is 0.416 e. The quantitative estimate of drug-likeness (QED) is 0.365. The number of halogens is 3. The summed E-state index contributed by atoms with van der Waals surface area (Å²) in [5, 5.41) is 14.7. The van der Waals surface area contributed by atoms with Gasteiger partial charge < -0.3 is 15.2 Å². The highest BCUT2D eigenvalue weighted by atomic mass is 19.4. The Morgan fingerprint density at radius 2 is 1.86 bits per heavy atom.